The average Bonchev–Trinajstić information content (AvgIpc) is 3.20. The highest BCUT2D eigenvalue weighted by atomic mass is 32.2. The van der Waals surface area contributed by atoms with Crippen LogP contribution >= 0.6 is 0 Å². The van der Waals surface area contributed by atoms with Crippen LogP contribution in [0.5, 0.6) is 0 Å². The number of sulfone groups is 1. The van der Waals surface area contributed by atoms with Gasteiger partial charge in [0, 0.05) is 23.6 Å². The van der Waals surface area contributed by atoms with Crippen LogP contribution in [0.2, 0.25) is 0 Å². The van der Waals surface area contributed by atoms with Gasteiger partial charge in [-0.05, 0) is 35.5 Å². The van der Waals surface area contributed by atoms with Gasteiger partial charge in [0.2, 0.25) is 5.91 Å². The minimum atomic E-state index is -2.89. The van der Waals surface area contributed by atoms with Gasteiger partial charge in [0.15, 0.2) is 5.82 Å². The Hall–Kier alpha value is -1.37. The first-order valence-corrected chi connectivity index (χ1v) is 10.9. The molecule has 0 aromatic carbocycles. The van der Waals surface area contributed by atoms with Crippen molar-refractivity contribution in [3.05, 3.63) is 11.8 Å². The van der Waals surface area contributed by atoms with E-state index >= 15 is 0 Å². The molecule has 1 unspecified atom stereocenters. The number of aromatic nitrogens is 2. The van der Waals surface area contributed by atoms with Gasteiger partial charge in [-0.1, -0.05) is 27.7 Å². The van der Waals surface area contributed by atoms with Crippen LogP contribution in [0.15, 0.2) is 6.07 Å². The lowest BCUT2D eigenvalue weighted by Crippen LogP contribution is -2.28. The van der Waals surface area contributed by atoms with Crippen LogP contribution in [0.25, 0.3) is 0 Å². The number of hydrogen-bond acceptors (Lipinski definition) is 4. The second-order valence-electron chi connectivity index (χ2n) is 9.35. The van der Waals surface area contributed by atoms with Crippen molar-refractivity contribution in [3.63, 3.8) is 0 Å². The Kier molecular flexibility index (Phi) is 3.32. The molecular weight excluding hydrogens is 338 g/mol. The van der Waals surface area contributed by atoms with Crippen molar-refractivity contribution in [3.8, 4) is 0 Å². The molecule has 2 aliphatic carbocycles. The average molecular weight is 365 g/mol. The summed E-state index contributed by atoms with van der Waals surface area (Å²) >= 11 is 0. The third-order valence-corrected chi connectivity index (χ3v) is 9.16. The zero-order valence-corrected chi connectivity index (χ0v) is 16.2. The van der Waals surface area contributed by atoms with Crippen LogP contribution in [-0.2, 0) is 14.6 Å². The van der Waals surface area contributed by atoms with Gasteiger partial charge in [-0.2, -0.15) is 5.10 Å². The van der Waals surface area contributed by atoms with Crippen molar-refractivity contribution in [1.82, 2.24) is 10.2 Å². The third-order valence-electron chi connectivity index (χ3n) is 7.51. The van der Waals surface area contributed by atoms with Crippen molar-refractivity contribution in [1.29, 1.82) is 0 Å². The first-order valence-electron chi connectivity index (χ1n) is 9.05. The number of H-pyrrole nitrogens is 1. The fourth-order valence-electron chi connectivity index (χ4n) is 4.95. The lowest BCUT2D eigenvalue weighted by Gasteiger charge is -2.22. The molecule has 1 spiro atoms. The van der Waals surface area contributed by atoms with Gasteiger partial charge >= 0.3 is 0 Å². The van der Waals surface area contributed by atoms with E-state index in [0.717, 1.165) is 12.1 Å². The number of carbonyl (C=O) groups is 1. The van der Waals surface area contributed by atoms with Crippen LogP contribution in [0.3, 0.4) is 0 Å². The monoisotopic (exact) mass is 365 g/mol. The molecule has 1 atom stereocenters. The SMILES string of the molecule is CC1(C)C(c2cc(NC(=O)C3CC34CCS(=O)(=O)CC4)n[nH]2)C1(C)C. The fourth-order valence-corrected chi connectivity index (χ4v) is 6.59. The van der Waals surface area contributed by atoms with E-state index in [-0.39, 0.29) is 39.6 Å². The molecule has 2 N–H and O–H groups in total. The van der Waals surface area contributed by atoms with Crippen LogP contribution in [0.4, 0.5) is 5.82 Å². The summed E-state index contributed by atoms with van der Waals surface area (Å²) in [7, 11) is -2.89. The summed E-state index contributed by atoms with van der Waals surface area (Å²) < 4.78 is 23.2. The smallest absolute Gasteiger partial charge is 0.229 e. The molecule has 1 amide bonds. The summed E-state index contributed by atoms with van der Waals surface area (Å²) in [6.45, 7) is 9.01. The highest BCUT2D eigenvalue weighted by molar-refractivity contribution is 7.91. The number of rotatable bonds is 3. The first-order chi connectivity index (χ1) is 11.5. The molecule has 1 aromatic rings. The molecular formula is C18H27N3O3S. The van der Waals surface area contributed by atoms with Crippen LogP contribution in [0.1, 0.15) is 58.6 Å². The van der Waals surface area contributed by atoms with E-state index in [1.165, 1.54) is 0 Å². The van der Waals surface area contributed by atoms with Crippen molar-refractivity contribution >= 4 is 21.6 Å². The second kappa shape index (κ2) is 4.87. The van der Waals surface area contributed by atoms with Crippen molar-refractivity contribution in [2.24, 2.45) is 22.2 Å². The van der Waals surface area contributed by atoms with E-state index in [0.29, 0.717) is 24.6 Å². The number of carbonyl (C=O) groups excluding carboxylic acids is 1. The van der Waals surface area contributed by atoms with E-state index in [4.69, 9.17) is 0 Å². The Labute approximate surface area is 149 Å². The molecule has 3 aliphatic rings. The lowest BCUT2D eigenvalue weighted by molar-refractivity contribution is -0.118. The van der Waals surface area contributed by atoms with E-state index in [9.17, 15) is 13.2 Å². The largest absolute Gasteiger partial charge is 0.309 e. The van der Waals surface area contributed by atoms with Crippen molar-refractivity contribution < 1.29 is 13.2 Å². The predicted molar refractivity (Wildman–Crippen MR) is 95.9 cm³/mol. The zero-order valence-electron chi connectivity index (χ0n) is 15.3. The summed E-state index contributed by atoms with van der Waals surface area (Å²) in [5, 5.41) is 10.3. The maximum atomic E-state index is 12.5. The van der Waals surface area contributed by atoms with Crippen LogP contribution in [-0.4, -0.2) is 36.0 Å². The van der Waals surface area contributed by atoms with Gasteiger partial charge in [-0.25, -0.2) is 8.42 Å². The van der Waals surface area contributed by atoms with E-state index in [1.54, 1.807) is 0 Å². The highest BCUT2D eigenvalue weighted by Crippen LogP contribution is 2.73. The number of nitrogens with zero attached hydrogens (tertiary/aromatic N) is 1. The van der Waals surface area contributed by atoms with Gasteiger partial charge in [-0.15, -0.1) is 0 Å². The summed E-state index contributed by atoms with van der Waals surface area (Å²) in [6, 6.07) is 1.94. The molecule has 2 saturated carbocycles. The third kappa shape index (κ3) is 2.54. The summed E-state index contributed by atoms with van der Waals surface area (Å²) in [5.41, 5.74) is 1.42. The van der Waals surface area contributed by atoms with E-state index in [2.05, 4.69) is 43.2 Å². The minimum Gasteiger partial charge on any atom is -0.309 e. The molecule has 0 bridgehead atoms. The van der Waals surface area contributed by atoms with Gasteiger partial charge in [0.05, 0.1) is 11.5 Å². The highest BCUT2D eigenvalue weighted by Gasteiger charge is 2.66. The van der Waals surface area contributed by atoms with Crippen LogP contribution < -0.4 is 5.32 Å². The van der Waals surface area contributed by atoms with Gasteiger partial charge < -0.3 is 5.32 Å². The van der Waals surface area contributed by atoms with Gasteiger partial charge in [-0.3, -0.25) is 9.89 Å². The Morgan fingerprint density at radius 1 is 1.20 bits per heavy atom. The summed E-state index contributed by atoms with van der Waals surface area (Å²) in [6.07, 6.45) is 2.03. The molecule has 0 radical (unpaired) electrons. The maximum Gasteiger partial charge on any atom is 0.229 e. The van der Waals surface area contributed by atoms with E-state index < -0.39 is 9.84 Å². The fraction of sp³-hybridized carbons (Fsp3) is 0.778. The Balaban J connectivity index is 1.39. The lowest BCUT2D eigenvalue weighted by atomic mass is 9.96. The zero-order chi connectivity index (χ0) is 18.3. The number of anilines is 1. The van der Waals surface area contributed by atoms with E-state index in [1.807, 2.05) is 6.07 Å². The molecule has 4 rings (SSSR count). The molecule has 1 aromatic heterocycles. The molecule has 1 aliphatic heterocycles. The number of nitrogens with one attached hydrogen (secondary N) is 2. The topological polar surface area (TPSA) is 91.9 Å². The predicted octanol–water partition coefficient (Wildman–Crippen LogP) is 2.71. The molecule has 1 saturated heterocycles. The van der Waals surface area contributed by atoms with Crippen LogP contribution in [0, 0.1) is 22.2 Å². The normalized spacial score (nSPS) is 30.8. The summed E-state index contributed by atoms with van der Waals surface area (Å²) in [5.74, 6) is 1.33. The number of aromatic amines is 1. The van der Waals surface area contributed by atoms with Crippen molar-refractivity contribution in [2.45, 2.75) is 52.9 Å². The minimum absolute atomic E-state index is 0.0216. The quantitative estimate of drug-likeness (QED) is 0.861. The Morgan fingerprint density at radius 3 is 2.36 bits per heavy atom. The Bertz CT molecular complexity index is 810. The summed E-state index contributed by atoms with van der Waals surface area (Å²) in [4.78, 5) is 12.5. The molecule has 3 fully saturated rings. The molecule has 138 valence electrons. The Morgan fingerprint density at radius 2 is 1.80 bits per heavy atom. The number of hydrogen-bond donors (Lipinski definition) is 2. The number of amides is 1. The molecule has 7 heteroatoms. The van der Waals surface area contributed by atoms with Gasteiger partial charge in [0.25, 0.3) is 0 Å². The molecule has 2 heterocycles. The molecule has 25 heavy (non-hydrogen) atoms. The first kappa shape index (κ1) is 17.1. The molecule has 6 nitrogen and oxygen atoms in total. The van der Waals surface area contributed by atoms with Crippen molar-refractivity contribution in [2.75, 3.05) is 16.8 Å². The van der Waals surface area contributed by atoms with Gasteiger partial charge in [0.1, 0.15) is 9.84 Å². The second-order valence-corrected chi connectivity index (χ2v) is 11.6. The maximum absolute atomic E-state index is 12.5. The standard InChI is InChI=1S/C18H27N3O3S/c1-16(2)14(17(16,3)4)12-9-13(21-20-12)19-15(22)11-10-18(11)5-7-25(23,24)8-6-18/h9,11,14H,5-8,10H2,1-4H3,(H2,19,20,21,22).